The summed E-state index contributed by atoms with van der Waals surface area (Å²) in [5.41, 5.74) is 6.01. The number of rotatable bonds is 6. The van der Waals surface area contributed by atoms with E-state index in [0.717, 1.165) is 24.0 Å². The Kier molecular flexibility index (Phi) is 4.77. The van der Waals surface area contributed by atoms with E-state index in [0.29, 0.717) is 0 Å². The molecule has 2 rings (SSSR count). The molecule has 3 N–H and O–H groups in total. The number of fused-ring (bicyclic) bond motifs is 1. The van der Waals surface area contributed by atoms with Crippen LogP contribution >= 0.6 is 0 Å². The van der Waals surface area contributed by atoms with Crippen molar-refractivity contribution in [2.45, 2.75) is 31.9 Å². The van der Waals surface area contributed by atoms with Crippen LogP contribution in [-0.4, -0.2) is 23.9 Å². The van der Waals surface area contributed by atoms with E-state index in [2.05, 4.69) is 13.0 Å². The highest BCUT2D eigenvalue weighted by Gasteiger charge is 2.18. The zero-order chi connectivity index (χ0) is 13.7. The lowest BCUT2D eigenvalue weighted by Crippen LogP contribution is -2.41. The second-order valence-electron chi connectivity index (χ2n) is 4.80. The maximum atomic E-state index is 9.39. The van der Waals surface area contributed by atoms with Crippen LogP contribution < -0.4 is 10.5 Å². The molecule has 2 atom stereocenters. The highest BCUT2D eigenvalue weighted by molar-refractivity contribution is 5.83. The van der Waals surface area contributed by atoms with Gasteiger partial charge >= 0.3 is 0 Å². The van der Waals surface area contributed by atoms with Crippen LogP contribution in [0, 0.1) is 0 Å². The van der Waals surface area contributed by atoms with E-state index >= 15 is 0 Å². The third-order valence-electron chi connectivity index (χ3n) is 3.29. The first-order valence-corrected chi connectivity index (χ1v) is 6.76. The summed E-state index contributed by atoms with van der Waals surface area (Å²) in [6, 6.07) is 13.9. The monoisotopic (exact) mass is 259 g/mol. The van der Waals surface area contributed by atoms with Crippen LogP contribution in [-0.2, 0) is 0 Å². The van der Waals surface area contributed by atoms with Crippen LogP contribution in [0.1, 0.15) is 19.8 Å². The molecular weight excluding hydrogens is 238 g/mol. The van der Waals surface area contributed by atoms with E-state index < -0.39 is 0 Å². The van der Waals surface area contributed by atoms with Gasteiger partial charge in [-0.25, -0.2) is 0 Å². The molecule has 0 amide bonds. The smallest absolute Gasteiger partial charge is 0.137 e. The van der Waals surface area contributed by atoms with Gasteiger partial charge in [-0.1, -0.05) is 43.7 Å². The zero-order valence-electron chi connectivity index (χ0n) is 11.3. The second kappa shape index (κ2) is 6.55. The van der Waals surface area contributed by atoms with Gasteiger partial charge < -0.3 is 15.6 Å². The molecule has 2 aromatic rings. The minimum absolute atomic E-state index is 0.0615. The molecule has 0 bridgehead atoms. The first-order valence-electron chi connectivity index (χ1n) is 6.76. The zero-order valence-corrected chi connectivity index (χ0v) is 11.3. The Morgan fingerprint density at radius 2 is 1.89 bits per heavy atom. The average molecular weight is 259 g/mol. The van der Waals surface area contributed by atoms with Crippen molar-refractivity contribution in [3.05, 3.63) is 42.5 Å². The van der Waals surface area contributed by atoms with E-state index in [1.54, 1.807) is 0 Å². The molecule has 19 heavy (non-hydrogen) atoms. The molecule has 0 aliphatic rings. The standard InChI is InChI=1S/C16H21NO2/c1-2-5-15(17)16(11-18)19-14-9-8-12-6-3-4-7-13(12)10-14/h3-4,6-10,15-16,18H,2,5,11,17H2,1H3. The lowest BCUT2D eigenvalue weighted by molar-refractivity contribution is 0.0918. The minimum Gasteiger partial charge on any atom is -0.486 e. The molecular formula is C16H21NO2. The molecule has 2 aromatic carbocycles. The molecule has 0 radical (unpaired) electrons. The van der Waals surface area contributed by atoms with Crippen molar-refractivity contribution in [3.8, 4) is 5.75 Å². The Morgan fingerprint density at radius 1 is 1.16 bits per heavy atom. The first-order chi connectivity index (χ1) is 9.24. The number of benzene rings is 2. The summed E-state index contributed by atoms with van der Waals surface area (Å²) in [4.78, 5) is 0. The summed E-state index contributed by atoms with van der Waals surface area (Å²) in [6.45, 7) is 2.01. The highest BCUT2D eigenvalue weighted by Crippen LogP contribution is 2.22. The van der Waals surface area contributed by atoms with Crippen LogP contribution in [0.4, 0.5) is 0 Å². The molecule has 0 spiro atoms. The van der Waals surface area contributed by atoms with Gasteiger partial charge in [-0.05, 0) is 29.3 Å². The molecule has 0 aliphatic heterocycles. The van der Waals surface area contributed by atoms with Gasteiger partial charge in [-0.2, -0.15) is 0 Å². The van der Waals surface area contributed by atoms with Crippen molar-refractivity contribution in [1.82, 2.24) is 0 Å². The van der Waals surface area contributed by atoms with Crippen LogP contribution in [0.3, 0.4) is 0 Å². The number of nitrogens with two attached hydrogens (primary N) is 1. The Hall–Kier alpha value is -1.58. The molecule has 3 heteroatoms. The number of aliphatic hydroxyl groups is 1. The maximum absolute atomic E-state index is 9.39. The van der Waals surface area contributed by atoms with Gasteiger partial charge in [0.2, 0.25) is 0 Å². The summed E-state index contributed by atoms with van der Waals surface area (Å²) in [5, 5.41) is 11.7. The second-order valence-corrected chi connectivity index (χ2v) is 4.80. The summed E-state index contributed by atoms with van der Waals surface area (Å²) >= 11 is 0. The molecule has 0 saturated heterocycles. The van der Waals surface area contributed by atoms with Gasteiger partial charge in [-0.15, -0.1) is 0 Å². The van der Waals surface area contributed by atoms with Crippen molar-refractivity contribution in [2.24, 2.45) is 5.73 Å². The number of ether oxygens (including phenoxy) is 1. The lowest BCUT2D eigenvalue weighted by Gasteiger charge is -2.23. The van der Waals surface area contributed by atoms with E-state index in [1.165, 1.54) is 5.39 Å². The van der Waals surface area contributed by atoms with E-state index in [-0.39, 0.29) is 18.8 Å². The predicted molar refractivity (Wildman–Crippen MR) is 78.3 cm³/mol. The van der Waals surface area contributed by atoms with Gasteiger partial charge in [0.15, 0.2) is 0 Å². The topological polar surface area (TPSA) is 55.5 Å². The van der Waals surface area contributed by atoms with Gasteiger partial charge in [0.05, 0.1) is 6.61 Å². The Bertz CT molecular complexity index is 527. The maximum Gasteiger partial charge on any atom is 0.137 e. The average Bonchev–Trinajstić information content (AvgIpc) is 2.44. The van der Waals surface area contributed by atoms with Crippen LogP contribution in [0.5, 0.6) is 5.75 Å². The lowest BCUT2D eigenvalue weighted by atomic mass is 10.1. The van der Waals surface area contributed by atoms with Gasteiger partial charge in [0, 0.05) is 6.04 Å². The quantitative estimate of drug-likeness (QED) is 0.838. The van der Waals surface area contributed by atoms with Crippen molar-refractivity contribution >= 4 is 10.8 Å². The Balaban J connectivity index is 2.15. The Morgan fingerprint density at radius 3 is 2.58 bits per heavy atom. The molecule has 0 fully saturated rings. The fourth-order valence-corrected chi connectivity index (χ4v) is 2.19. The van der Waals surface area contributed by atoms with E-state index in [1.807, 2.05) is 36.4 Å². The number of aliphatic hydroxyl groups excluding tert-OH is 1. The molecule has 0 aliphatic carbocycles. The Labute approximate surface area is 114 Å². The summed E-state index contributed by atoms with van der Waals surface area (Å²) in [7, 11) is 0. The molecule has 3 nitrogen and oxygen atoms in total. The van der Waals surface area contributed by atoms with E-state index in [4.69, 9.17) is 10.5 Å². The number of hydrogen-bond donors (Lipinski definition) is 2. The molecule has 102 valence electrons. The molecule has 0 aromatic heterocycles. The third-order valence-corrected chi connectivity index (χ3v) is 3.29. The summed E-state index contributed by atoms with van der Waals surface area (Å²) in [5.74, 6) is 0.754. The molecule has 2 unspecified atom stereocenters. The first kappa shape index (κ1) is 13.8. The van der Waals surface area contributed by atoms with Gasteiger partial charge in [0.1, 0.15) is 11.9 Å². The van der Waals surface area contributed by atoms with Crippen LogP contribution in [0.2, 0.25) is 0 Å². The predicted octanol–water partition coefficient (Wildman–Crippen LogP) is 2.71. The minimum atomic E-state index is -0.346. The highest BCUT2D eigenvalue weighted by atomic mass is 16.5. The van der Waals surface area contributed by atoms with E-state index in [9.17, 15) is 5.11 Å². The largest absolute Gasteiger partial charge is 0.486 e. The SMILES string of the molecule is CCCC(N)C(CO)Oc1ccc2ccccc2c1. The fraction of sp³-hybridized carbons (Fsp3) is 0.375. The number of hydrogen-bond acceptors (Lipinski definition) is 3. The van der Waals surface area contributed by atoms with Gasteiger partial charge in [-0.3, -0.25) is 0 Å². The van der Waals surface area contributed by atoms with Gasteiger partial charge in [0.25, 0.3) is 0 Å². The van der Waals surface area contributed by atoms with Crippen molar-refractivity contribution in [1.29, 1.82) is 0 Å². The fourth-order valence-electron chi connectivity index (χ4n) is 2.19. The normalized spacial score (nSPS) is 14.3. The van der Waals surface area contributed by atoms with Crippen molar-refractivity contribution < 1.29 is 9.84 Å². The van der Waals surface area contributed by atoms with Crippen LogP contribution in [0.15, 0.2) is 42.5 Å². The summed E-state index contributed by atoms with van der Waals surface area (Å²) in [6.07, 6.45) is 1.48. The van der Waals surface area contributed by atoms with Crippen molar-refractivity contribution in [2.75, 3.05) is 6.61 Å². The summed E-state index contributed by atoms with van der Waals surface area (Å²) < 4.78 is 5.81. The third kappa shape index (κ3) is 3.46. The van der Waals surface area contributed by atoms with Crippen LogP contribution in [0.25, 0.3) is 10.8 Å². The van der Waals surface area contributed by atoms with Crippen molar-refractivity contribution in [3.63, 3.8) is 0 Å². The molecule has 0 heterocycles. The molecule has 0 saturated carbocycles.